The zero-order valence-corrected chi connectivity index (χ0v) is 9.45. The number of hydrogen-bond acceptors (Lipinski definition) is 3. The first-order valence-corrected chi connectivity index (χ1v) is 5.70. The van der Waals surface area contributed by atoms with Gasteiger partial charge in [0.05, 0.1) is 6.07 Å². The van der Waals surface area contributed by atoms with Gasteiger partial charge in [0.25, 0.3) is 0 Å². The Morgan fingerprint density at radius 3 is 2.31 bits per heavy atom. The minimum atomic E-state index is -0.571. The van der Waals surface area contributed by atoms with Gasteiger partial charge in [0.2, 0.25) is 0 Å². The Morgan fingerprint density at radius 2 is 2.00 bits per heavy atom. The maximum atomic E-state index is 9.00. The topological polar surface area (TPSA) is 49.8 Å². The Hall–Kier alpha value is -0.200. The molecule has 3 heteroatoms. The first-order valence-electron chi connectivity index (χ1n) is 4.71. The van der Waals surface area contributed by atoms with Crippen LogP contribution in [0.5, 0.6) is 0 Å². The zero-order chi connectivity index (χ0) is 10.1. The molecule has 1 atom stereocenters. The molecule has 1 aliphatic carbocycles. The summed E-state index contributed by atoms with van der Waals surface area (Å²) in [6.07, 6.45) is 2.27. The van der Waals surface area contributed by atoms with Gasteiger partial charge in [0.1, 0.15) is 5.54 Å². The first kappa shape index (κ1) is 10.9. The first-order chi connectivity index (χ1) is 5.87. The molecule has 0 saturated heterocycles. The van der Waals surface area contributed by atoms with E-state index in [0.29, 0.717) is 5.92 Å². The lowest BCUT2D eigenvalue weighted by molar-refractivity contribution is 0.530. The van der Waals surface area contributed by atoms with Crippen molar-refractivity contribution in [3.05, 3.63) is 0 Å². The number of rotatable bonds is 3. The molecule has 0 aromatic carbocycles. The third-order valence-corrected chi connectivity index (χ3v) is 3.75. The Kier molecular flexibility index (Phi) is 2.94. The van der Waals surface area contributed by atoms with Crippen molar-refractivity contribution < 1.29 is 0 Å². The van der Waals surface area contributed by atoms with Crippen LogP contribution in [-0.2, 0) is 0 Å². The molecule has 0 aromatic heterocycles. The standard InChI is InChI=1S/C10H18N2S/c1-9(2,3)13-7-10(12,6-11)8-4-5-8/h8H,4-5,7,12H2,1-3H3. The van der Waals surface area contributed by atoms with Gasteiger partial charge >= 0.3 is 0 Å². The SMILES string of the molecule is CC(C)(C)SCC(N)(C#N)C1CC1. The van der Waals surface area contributed by atoms with Gasteiger partial charge in [0, 0.05) is 10.5 Å². The summed E-state index contributed by atoms with van der Waals surface area (Å²) in [5.74, 6) is 1.21. The average molecular weight is 198 g/mol. The van der Waals surface area contributed by atoms with Crippen LogP contribution in [0.4, 0.5) is 0 Å². The largest absolute Gasteiger partial charge is 0.312 e. The van der Waals surface area contributed by atoms with Crippen LogP contribution in [0, 0.1) is 17.2 Å². The van der Waals surface area contributed by atoms with E-state index in [4.69, 9.17) is 11.0 Å². The molecule has 0 bridgehead atoms. The summed E-state index contributed by atoms with van der Waals surface area (Å²) >= 11 is 1.79. The fourth-order valence-corrected chi connectivity index (χ4v) is 2.15. The van der Waals surface area contributed by atoms with E-state index < -0.39 is 5.54 Å². The van der Waals surface area contributed by atoms with Crippen molar-refractivity contribution in [2.24, 2.45) is 11.7 Å². The van der Waals surface area contributed by atoms with E-state index in [9.17, 15) is 0 Å². The molecule has 0 aromatic rings. The van der Waals surface area contributed by atoms with Gasteiger partial charge in [-0.05, 0) is 18.8 Å². The predicted molar refractivity (Wildman–Crippen MR) is 57.5 cm³/mol. The van der Waals surface area contributed by atoms with Crippen LogP contribution in [0.2, 0.25) is 0 Å². The minimum absolute atomic E-state index is 0.205. The summed E-state index contributed by atoms with van der Waals surface area (Å²) in [6.45, 7) is 6.47. The van der Waals surface area contributed by atoms with E-state index in [0.717, 1.165) is 18.6 Å². The van der Waals surface area contributed by atoms with Crippen molar-refractivity contribution in [1.82, 2.24) is 0 Å². The van der Waals surface area contributed by atoms with Crippen LogP contribution in [0.1, 0.15) is 33.6 Å². The highest BCUT2D eigenvalue weighted by Crippen LogP contribution is 2.41. The molecule has 1 fully saturated rings. The van der Waals surface area contributed by atoms with Gasteiger partial charge in [-0.25, -0.2) is 0 Å². The van der Waals surface area contributed by atoms with Crippen LogP contribution in [0.15, 0.2) is 0 Å². The average Bonchev–Trinajstić information content (AvgIpc) is 2.81. The van der Waals surface area contributed by atoms with Gasteiger partial charge < -0.3 is 5.73 Å². The summed E-state index contributed by atoms with van der Waals surface area (Å²) in [7, 11) is 0. The number of thioether (sulfide) groups is 1. The monoisotopic (exact) mass is 198 g/mol. The zero-order valence-electron chi connectivity index (χ0n) is 8.63. The maximum absolute atomic E-state index is 9.00. The van der Waals surface area contributed by atoms with Crippen LogP contribution in [-0.4, -0.2) is 16.0 Å². The molecule has 1 unspecified atom stereocenters. The lowest BCUT2D eigenvalue weighted by atomic mass is 10.00. The molecule has 2 N–H and O–H groups in total. The predicted octanol–water partition coefficient (Wildman–Crippen LogP) is 2.15. The molecule has 1 aliphatic rings. The lowest BCUT2D eigenvalue weighted by Crippen LogP contribution is -2.44. The Labute approximate surface area is 84.9 Å². The quantitative estimate of drug-likeness (QED) is 0.756. The molecular formula is C10H18N2S. The van der Waals surface area contributed by atoms with Crippen molar-refractivity contribution in [2.45, 2.75) is 43.9 Å². The molecule has 0 radical (unpaired) electrons. The van der Waals surface area contributed by atoms with E-state index in [1.807, 2.05) is 0 Å². The summed E-state index contributed by atoms with van der Waals surface area (Å²) in [5, 5.41) is 9.00. The molecule has 74 valence electrons. The van der Waals surface area contributed by atoms with Gasteiger partial charge in [0.15, 0.2) is 0 Å². The molecule has 2 nitrogen and oxygen atoms in total. The maximum Gasteiger partial charge on any atom is 0.116 e. The van der Waals surface area contributed by atoms with E-state index in [1.165, 1.54) is 0 Å². The third-order valence-electron chi connectivity index (χ3n) is 2.26. The lowest BCUT2D eigenvalue weighted by Gasteiger charge is -2.25. The second kappa shape index (κ2) is 3.51. The van der Waals surface area contributed by atoms with E-state index in [-0.39, 0.29) is 4.75 Å². The van der Waals surface area contributed by atoms with Gasteiger partial charge in [-0.2, -0.15) is 17.0 Å². The highest BCUT2D eigenvalue weighted by Gasteiger charge is 2.43. The number of nitrogens with two attached hydrogens (primary N) is 1. The van der Waals surface area contributed by atoms with Crippen LogP contribution in [0.25, 0.3) is 0 Å². The Morgan fingerprint density at radius 1 is 1.46 bits per heavy atom. The van der Waals surface area contributed by atoms with Crippen molar-refractivity contribution in [1.29, 1.82) is 5.26 Å². The van der Waals surface area contributed by atoms with Crippen molar-refractivity contribution in [3.63, 3.8) is 0 Å². The summed E-state index contributed by atoms with van der Waals surface area (Å²) < 4.78 is 0.205. The summed E-state index contributed by atoms with van der Waals surface area (Å²) in [5.41, 5.74) is 5.46. The molecule has 0 aliphatic heterocycles. The molecule has 0 heterocycles. The second-order valence-corrected chi connectivity index (χ2v) is 6.63. The van der Waals surface area contributed by atoms with Crippen molar-refractivity contribution in [2.75, 3.05) is 5.75 Å². The summed E-state index contributed by atoms with van der Waals surface area (Å²) in [4.78, 5) is 0. The highest BCUT2D eigenvalue weighted by molar-refractivity contribution is 8.00. The van der Waals surface area contributed by atoms with Crippen LogP contribution >= 0.6 is 11.8 Å². The van der Waals surface area contributed by atoms with Crippen LogP contribution < -0.4 is 5.73 Å². The van der Waals surface area contributed by atoms with Crippen LogP contribution in [0.3, 0.4) is 0 Å². The Bertz CT molecular complexity index is 222. The normalized spacial score (nSPS) is 22.1. The number of nitriles is 1. The molecular weight excluding hydrogens is 180 g/mol. The molecule has 0 amide bonds. The Balaban J connectivity index is 2.46. The molecule has 13 heavy (non-hydrogen) atoms. The fraction of sp³-hybridized carbons (Fsp3) is 0.900. The number of nitrogens with zero attached hydrogens (tertiary/aromatic N) is 1. The fourth-order valence-electron chi connectivity index (χ4n) is 1.18. The van der Waals surface area contributed by atoms with E-state index in [2.05, 4.69) is 26.8 Å². The van der Waals surface area contributed by atoms with Gasteiger partial charge in [-0.1, -0.05) is 20.8 Å². The van der Waals surface area contributed by atoms with Gasteiger partial charge in [-0.15, -0.1) is 0 Å². The van der Waals surface area contributed by atoms with Gasteiger partial charge in [-0.3, -0.25) is 0 Å². The second-order valence-electron chi connectivity index (χ2n) is 4.83. The van der Waals surface area contributed by atoms with Crippen molar-refractivity contribution in [3.8, 4) is 6.07 Å². The van der Waals surface area contributed by atoms with Crippen molar-refractivity contribution >= 4 is 11.8 Å². The van der Waals surface area contributed by atoms with E-state index >= 15 is 0 Å². The number of hydrogen-bond donors (Lipinski definition) is 1. The molecule has 1 rings (SSSR count). The third kappa shape index (κ3) is 3.21. The van der Waals surface area contributed by atoms with E-state index in [1.54, 1.807) is 11.8 Å². The highest BCUT2D eigenvalue weighted by atomic mass is 32.2. The smallest absolute Gasteiger partial charge is 0.116 e. The molecule has 1 saturated carbocycles. The minimum Gasteiger partial charge on any atom is -0.312 e. The molecule has 0 spiro atoms. The summed E-state index contributed by atoms with van der Waals surface area (Å²) in [6, 6.07) is 2.27.